The number of hydrogen-bond acceptors (Lipinski definition) is 5. The molecule has 0 radical (unpaired) electrons. The molecule has 7 heteroatoms. The van der Waals surface area contributed by atoms with Gasteiger partial charge in [0.1, 0.15) is 5.58 Å². The summed E-state index contributed by atoms with van der Waals surface area (Å²) in [4.78, 5) is 12.0. The third-order valence-corrected chi connectivity index (χ3v) is 6.22. The Hall–Kier alpha value is -2.57. The first kappa shape index (κ1) is 18.8. The van der Waals surface area contributed by atoms with Gasteiger partial charge in [0.05, 0.1) is 5.02 Å². The van der Waals surface area contributed by atoms with Crippen molar-refractivity contribution in [3.8, 4) is 11.4 Å². The van der Waals surface area contributed by atoms with Crippen LogP contribution in [0.5, 0.6) is 0 Å². The molecule has 0 saturated carbocycles. The Labute approximate surface area is 171 Å². The number of halogens is 1. The first-order chi connectivity index (χ1) is 13.5. The minimum Gasteiger partial charge on any atom is -0.422 e. The molecule has 5 nitrogen and oxygen atoms in total. The second-order valence-electron chi connectivity index (χ2n) is 6.61. The molecule has 0 aliphatic heterocycles. The van der Waals surface area contributed by atoms with Crippen molar-refractivity contribution in [2.45, 2.75) is 24.8 Å². The predicted octanol–water partition coefficient (Wildman–Crippen LogP) is 5.15. The minimum absolute atomic E-state index is 0.341. The van der Waals surface area contributed by atoms with E-state index < -0.39 is 0 Å². The average molecular weight is 412 g/mol. The zero-order valence-corrected chi connectivity index (χ0v) is 17.3. The molecule has 0 aliphatic rings. The average Bonchev–Trinajstić information content (AvgIpc) is 3.04. The fourth-order valence-corrected chi connectivity index (χ4v) is 4.23. The molecule has 0 unspecified atom stereocenters. The van der Waals surface area contributed by atoms with E-state index in [-0.39, 0.29) is 5.63 Å². The summed E-state index contributed by atoms with van der Waals surface area (Å²) in [5, 5.41) is 10.9. The maximum absolute atomic E-state index is 12.0. The highest BCUT2D eigenvalue weighted by molar-refractivity contribution is 7.98. The van der Waals surface area contributed by atoms with E-state index >= 15 is 0 Å². The van der Waals surface area contributed by atoms with Crippen molar-refractivity contribution in [2.75, 3.05) is 0 Å². The lowest BCUT2D eigenvalue weighted by atomic mass is 10.0. The van der Waals surface area contributed by atoms with Crippen LogP contribution in [0.3, 0.4) is 0 Å². The second kappa shape index (κ2) is 7.45. The molecule has 0 fully saturated rings. The van der Waals surface area contributed by atoms with Gasteiger partial charge in [-0.2, -0.15) is 0 Å². The Balaban J connectivity index is 1.67. The highest BCUT2D eigenvalue weighted by Gasteiger charge is 2.15. The number of fused-ring (bicyclic) bond motifs is 1. The van der Waals surface area contributed by atoms with E-state index in [0.717, 1.165) is 32.8 Å². The Morgan fingerprint density at radius 3 is 2.71 bits per heavy atom. The highest BCUT2D eigenvalue weighted by atomic mass is 35.5. The maximum Gasteiger partial charge on any atom is 0.336 e. The van der Waals surface area contributed by atoms with Crippen LogP contribution in [-0.4, -0.2) is 14.8 Å². The highest BCUT2D eigenvalue weighted by Crippen LogP contribution is 2.31. The molecule has 0 saturated heterocycles. The molecule has 2 heterocycles. The van der Waals surface area contributed by atoms with Crippen molar-refractivity contribution >= 4 is 34.3 Å². The van der Waals surface area contributed by atoms with Gasteiger partial charge in [-0.1, -0.05) is 47.6 Å². The van der Waals surface area contributed by atoms with Crippen molar-refractivity contribution < 1.29 is 4.42 Å². The number of hydrogen-bond donors (Lipinski definition) is 0. The number of aromatic nitrogens is 3. The first-order valence-electron chi connectivity index (χ1n) is 8.75. The molecule has 0 N–H and O–H groups in total. The van der Waals surface area contributed by atoms with Gasteiger partial charge < -0.3 is 8.98 Å². The summed E-state index contributed by atoms with van der Waals surface area (Å²) in [6.07, 6.45) is 0. The number of thioether (sulfide) groups is 1. The summed E-state index contributed by atoms with van der Waals surface area (Å²) in [5.41, 5.74) is 4.15. The monoisotopic (exact) mass is 411 g/mol. The molecular weight excluding hydrogens is 394 g/mol. The maximum atomic E-state index is 12.0. The summed E-state index contributed by atoms with van der Waals surface area (Å²) in [7, 11) is 1.91. The lowest BCUT2D eigenvalue weighted by Gasteiger charge is -2.09. The van der Waals surface area contributed by atoms with E-state index in [0.29, 0.717) is 22.2 Å². The normalized spacial score (nSPS) is 11.3. The van der Waals surface area contributed by atoms with Crippen LogP contribution < -0.4 is 5.63 Å². The molecule has 0 amide bonds. The molecule has 0 bridgehead atoms. The molecule has 0 atom stereocenters. The van der Waals surface area contributed by atoms with Crippen LogP contribution >= 0.6 is 23.4 Å². The van der Waals surface area contributed by atoms with E-state index in [1.54, 1.807) is 6.07 Å². The van der Waals surface area contributed by atoms with E-state index in [4.69, 9.17) is 16.0 Å². The van der Waals surface area contributed by atoms with Crippen molar-refractivity contribution in [1.29, 1.82) is 0 Å². The first-order valence-corrected chi connectivity index (χ1v) is 10.1. The van der Waals surface area contributed by atoms with Gasteiger partial charge in [0, 0.05) is 29.8 Å². The summed E-state index contributed by atoms with van der Waals surface area (Å²) >= 11 is 7.81. The third kappa shape index (κ3) is 3.34. The van der Waals surface area contributed by atoms with Gasteiger partial charge in [-0.15, -0.1) is 10.2 Å². The summed E-state index contributed by atoms with van der Waals surface area (Å²) in [5.74, 6) is 1.29. The molecule has 4 aromatic rings. The van der Waals surface area contributed by atoms with Gasteiger partial charge in [-0.3, -0.25) is 0 Å². The fraction of sp³-hybridized carbons (Fsp3) is 0.190. The van der Waals surface area contributed by atoms with Crippen LogP contribution in [0.1, 0.15) is 16.7 Å². The predicted molar refractivity (Wildman–Crippen MR) is 113 cm³/mol. The quantitative estimate of drug-likeness (QED) is 0.343. The van der Waals surface area contributed by atoms with Crippen LogP contribution in [0.4, 0.5) is 0 Å². The van der Waals surface area contributed by atoms with Crippen molar-refractivity contribution in [1.82, 2.24) is 14.8 Å². The Bertz CT molecular complexity index is 1250. The standard InChI is InChI=1S/C21H18ClN3O2S/c1-12-8-9-15-14(10-18(26)27-19(15)13(12)2)11-28-21-24-23-20(25(21)3)16-6-4-5-7-17(16)22/h4-10H,11H2,1-3H3. The van der Waals surface area contributed by atoms with Crippen LogP contribution in [0.15, 0.2) is 56.8 Å². The van der Waals surface area contributed by atoms with Crippen molar-refractivity contribution in [3.05, 3.63) is 74.6 Å². The van der Waals surface area contributed by atoms with Crippen LogP contribution in [0.25, 0.3) is 22.4 Å². The van der Waals surface area contributed by atoms with Crippen molar-refractivity contribution in [3.63, 3.8) is 0 Å². The van der Waals surface area contributed by atoms with E-state index in [2.05, 4.69) is 10.2 Å². The molecule has 4 rings (SSSR count). The number of nitrogens with zero attached hydrogens (tertiary/aromatic N) is 3. The number of benzene rings is 2. The van der Waals surface area contributed by atoms with E-state index in [1.165, 1.54) is 11.8 Å². The van der Waals surface area contributed by atoms with Crippen LogP contribution in [0, 0.1) is 13.8 Å². The van der Waals surface area contributed by atoms with Crippen molar-refractivity contribution in [2.24, 2.45) is 7.05 Å². The largest absolute Gasteiger partial charge is 0.422 e. The smallest absolute Gasteiger partial charge is 0.336 e. The lowest BCUT2D eigenvalue weighted by Crippen LogP contribution is -2.02. The third-order valence-electron chi connectivity index (χ3n) is 4.82. The topological polar surface area (TPSA) is 60.9 Å². The lowest BCUT2D eigenvalue weighted by molar-refractivity contribution is 0.557. The van der Waals surface area contributed by atoms with E-state index in [1.807, 2.05) is 61.9 Å². The van der Waals surface area contributed by atoms with Gasteiger partial charge in [-0.05, 0) is 42.7 Å². The summed E-state index contributed by atoms with van der Waals surface area (Å²) in [6.45, 7) is 3.97. The Morgan fingerprint density at radius 1 is 1.14 bits per heavy atom. The Morgan fingerprint density at radius 2 is 1.93 bits per heavy atom. The number of aryl methyl sites for hydroxylation is 2. The number of rotatable bonds is 4. The van der Waals surface area contributed by atoms with Gasteiger partial charge in [0.2, 0.25) is 0 Å². The molecular formula is C21H18ClN3O2S. The van der Waals surface area contributed by atoms with Gasteiger partial charge in [0.25, 0.3) is 0 Å². The molecule has 142 valence electrons. The second-order valence-corrected chi connectivity index (χ2v) is 7.96. The minimum atomic E-state index is -0.341. The summed E-state index contributed by atoms with van der Waals surface area (Å²) in [6, 6.07) is 13.2. The molecule has 0 spiro atoms. The molecule has 2 aromatic carbocycles. The Kier molecular flexibility index (Phi) is 5.00. The van der Waals surface area contributed by atoms with Crippen LogP contribution in [-0.2, 0) is 12.8 Å². The van der Waals surface area contributed by atoms with Crippen LogP contribution in [0.2, 0.25) is 5.02 Å². The van der Waals surface area contributed by atoms with Gasteiger partial charge in [0.15, 0.2) is 11.0 Å². The van der Waals surface area contributed by atoms with E-state index in [9.17, 15) is 4.79 Å². The van der Waals surface area contributed by atoms with Gasteiger partial charge >= 0.3 is 5.63 Å². The zero-order valence-electron chi connectivity index (χ0n) is 15.7. The zero-order chi connectivity index (χ0) is 19.8. The molecule has 0 aliphatic carbocycles. The van der Waals surface area contributed by atoms with Gasteiger partial charge in [-0.25, -0.2) is 4.79 Å². The SMILES string of the molecule is Cc1ccc2c(CSc3nnc(-c4ccccc4Cl)n3C)cc(=O)oc2c1C. The molecule has 2 aromatic heterocycles. The fourth-order valence-electron chi connectivity index (χ4n) is 3.10. The summed E-state index contributed by atoms with van der Waals surface area (Å²) < 4.78 is 7.36. The molecule has 28 heavy (non-hydrogen) atoms.